The fourth-order valence-corrected chi connectivity index (χ4v) is 3.53. The first-order valence-electron chi connectivity index (χ1n) is 10.8. The van der Waals surface area contributed by atoms with Crippen molar-refractivity contribution in [2.45, 2.75) is 39.0 Å². The number of carbonyl (C=O) groups excluding carboxylic acids is 1. The zero-order valence-corrected chi connectivity index (χ0v) is 18.0. The molecule has 0 saturated carbocycles. The van der Waals surface area contributed by atoms with Crippen molar-refractivity contribution in [3.63, 3.8) is 0 Å². The highest BCUT2D eigenvalue weighted by Crippen LogP contribution is 2.22. The van der Waals surface area contributed by atoms with E-state index in [1.807, 2.05) is 54.6 Å². The Morgan fingerprint density at radius 3 is 2.70 bits per heavy atom. The number of nitrogens with one attached hydrogen (secondary N) is 1. The highest BCUT2D eigenvalue weighted by molar-refractivity contribution is 6.08. The Bertz CT molecular complexity index is 996. The van der Waals surface area contributed by atoms with Crippen LogP contribution < -0.4 is 10.2 Å². The van der Waals surface area contributed by atoms with E-state index in [2.05, 4.69) is 41.3 Å². The van der Waals surface area contributed by atoms with Crippen molar-refractivity contribution in [3.05, 3.63) is 78.5 Å². The number of anilines is 2. The van der Waals surface area contributed by atoms with Crippen LogP contribution in [0.15, 0.2) is 72.9 Å². The van der Waals surface area contributed by atoms with Crippen molar-refractivity contribution >= 4 is 28.2 Å². The molecule has 0 saturated heterocycles. The van der Waals surface area contributed by atoms with Gasteiger partial charge in [0.1, 0.15) is 0 Å². The summed E-state index contributed by atoms with van der Waals surface area (Å²) in [5.41, 5.74) is 3.26. The lowest BCUT2D eigenvalue weighted by atomic mass is 10.1. The molecule has 0 spiro atoms. The number of aromatic nitrogens is 1. The number of fused-ring (bicyclic) bond motifs is 1. The molecule has 1 heterocycles. The summed E-state index contributed by atoms with van der Waals surface area (Å²) >= 11 is 0. The zero-order chi connectivity index (χ0) is 21.2. The summed E-state index contributed by atoms with van der Waals surface area (Å²) in [4.78, 5) is 19.6. The van der Waals surface area contributed by atoms with Gasteiger partial charge in [0, 0.05) is 24.7 Å². The first kappa shape index (κ1) is 21.6. The van der Waals surface area contributed by atoms with Gasteiger partial charge in [-0.25, -0.2) is 0 Å². The first-order chi connectivity index (χ1) is 14.7. The third kappa shape index (κ3) is 5.93. The molecule has 0 unspecified atom stereocenters. The molecule has 1 amide bonds. The van der Waals surface area contributed by atoms with Crippen LogP contribution in [-0.2, 0) is 0 Å². The van der Waals surface area contributed by atoms with Crippen LogP contribution in [0.5, 0.6) is 0 Å². The smallest absolute Gasteiger partial charge is 0.257 e. The zero-order valence-electron chi connectivity index (χ0n) is 18.0. The quantitative estimate of drug-likeness (QED) is 0.314. The SMILES string of the molecule is CCC=CCCCCCN(C)c1ccccc1C(=O)Nc1cnc2ccccc2c1. The Labute approximate surface area is 179 Å². The maximum atomic E-state index is 13.0. The first-order valence-corrected chi connectivity index (χ1v) is 10.8. The normalized spacial score (nSPS) is 11.1. The maximum absolute atomic E-state index is 13.0. The number of hydrogen-bond acceptors (Lipinski definition) is 3. The summed E-state index contributed by atoms with van der Waals surface area (Å²) in [6.07, 6.45) is 12.0. The monoisotopic (exact) mass is 401 g/mol. The average Bonchev–Trinajstić information content (AvgIpc) is 2.78. The van der Waals surface area contributed by atoms with E-state index >= 15 is 0 Å². The Morgan fingerprint density at radius 2 is 1.83 bits per heavy atom. The number of hydrogen-bond donors (Lipinski definition) is 1. The highest BCUT2D eigenvalue weighted by Gasteiger charge is 2.14. The van der Waals surface area contributed by atoms with Gasteiger partial charge in [0.2, 0.25) is 0 Å². The van der Waals surface area contributed by atoms with Gasteiger partial charge in [-0.1, -0.05) is 55.8 Å². The number of carbonyl (C=O) groups is 1. The summed E-state index contributed by atoms with van der Waals surface area (Å²) in [5.74, 6) is -0.112. The lowest BCUT2D eigenvalue weighted by molar-refractivity contribution is 0.102. The molecule has 4 nitrogen and oxygen atoms in total. The topological polar surface area (TPSA) is 45.2 Å². The molecule has 0 aliphatic carbocycles. The molecule has 0 fully saturated rings. The summed E-state index contributed by atoms with van der Waals surface area (Å²) < 4.78 is 0. The van der Waals surface area contributed by atoms with Gasteiger partial charge < -0.3 is 10.2 Å². The molecule has 0 aliphatic rings. The van der Waals surface area contributed by atoms with Crippen molar-refractivity contribution in [2.75, 3.05) is 23.8 Å². The summed E-state index contributed by atoms with van der Waals surface area (Å²) in [6.45, 7) is 3.09. The molecule has 1 aromatic heterocycles. The molecule has 1 N–H and O–H groups in total. The van der Waals surface area contributed by atoms with E-state index in [0.717, 1.165) is 42.4 Å². The van der Waals surface area contributed by atoms with Crippen LogP contribution in [0.3, 0.4) is 0 Å². The number of benzene rings is 2. The number of pyridine rings is 1. The maximum Gasteiger partial charge on any atom is 0.257 e. The Kier molecular flexibility index (Phi) is 8.02. The van der Waals surface area contributed by atoms with Crippen LogP contribution in [-0.4, -0.2) is 24.5 Å². The van der Waals surface area contributed by atoms with Crippen molar-refractivity contribution < 1.29 is 4.79 Å². The molecule has 0 radical (unpaired) electrons. The second-order valence-corrected chi connectivity index (χ2v) is 7.54. The van der Waals surface area contributed by atoms with Gasteiger partial charge in [0.15, 0.2) is 0 Å². The second-order valence-electron chi connectivity index (χ2n) is 7.54. The molecule has 3 aromatic rings. The molecule has 156 valence electrons. The van der Waals surface area contributed by atoms with Gasteiger partial charge >= 0.3 is 0 Å². The molecule has 0 aliphatic heterocycles. The predicted molar refractivity (Wildman–Crippen MR) is 127 cm³/mol. The van der Waals surface area contributed by atoms with Crippen LogP contribution in [0.2, 0.25) is 0 Å². The minimum absolute atomic E-state index is 0.112. The van der Waals surface area contributed by atoms with Gasteiger partial charge in [-0.15, -0.1) is 0 Å². The fraction of sp³-hybridized carbons (Fsp3) is 0.308. The van der Waals surface area contributed by atoms with E-state index in [0.29, 0.717) is 11.3 Å². The van der Waals surface area contributed by atoms with E-state index in [1.165, 1.54) is 12.8 Å². The van der Waals surface area contributed by atoms with Crippen LogP contribution in [0.25, 0.3) is 10.9 Å². The van der Waals surface area contributed by atoms with Crippen LogP contribution in [0.1, 0.15) is 49.4 Å². The molecule has 30 heavy (non-hydrogen) atoms. The molecule has 2 aromatic carbocycles. The lowest BCUT2D eigenvalue weighted by Crippen LogP contribution is -2.23. The molecule has 0 atom stereocenters. The number of allylic oxidation sites excluding steroid dienone is 2. The summed E-state index contributed by atoms with van der Waals surface area (Å²) in [6, 6.07) is 17.6. The number of rotatable bonds is 10. The van der Waals surface area contributed by atoms with E-state index in [9.17, 15) is 4.79 Å². The van der Waals surface area contributed by atoms with E-state index in [-0.39, 0.29) is 5.91 Å². The number of unbranched alkanes of at least 4 members (excludes halogenated alkanes) is 3. The fourth-order valence-electron chi connectivity index (χ4n) is 3.53. The highest BCUT2D eigenvalue weighted by atomic mass is 16.1. The van der Waals surface area contributed by atoms with Gasteiger partial charge in [-0.2, -0.15) is 0 Å². The van der Waals surface area contributed by atoms with Crippen LogP contribution in [0, 0.1) is 0 Å². The Morgan fingerprint density at radius 1 is 1.03 bits per heavy atom. The molecule has 4 heteroatoms. The van der Waals surface area contributed by atoms with Crippen LogP contribution in [0.4, 0.5) is 11.4 Å². The molecule has 0 bridgehead atoms. The number of amides is 1. The van der Waals surface area contributed by atoms with E-state index in [4.69, 9.17) is 0 Å². The average molecular weight is 402 g/mol. The van der Waals surface area contributed by atoms with Gasteiger partial charge in [-0.3, -0.25) is 9.78 Å². The molecular formula is C26H31N3O. The third-order valence-electron chi connectivity index (χ3n) is 5.17. The van der Waals surface area contributed by atoms with Gasteiger partial charge in [-0.05, 0) is 49.9 Å². The predicted octanol–water partition coefficient (Wildman–Crippen LogP) is 6.45. The van der Waals surface area contributed by atoms with Crippen molar-refractivity contribution in [3.8, 4) is 0 Å². The van der Waals surface area contributed by atoms with Crippen LogP contribution >= 0.6 is 0 Å². The lowest BCUT2D eigenvalue weighted by Gasteiger charge is -2.22. The standard InChI is InChI=1S/C26H31N3O/c1-3-4-5-6-7-8-13-18-29(2)25-17-12-10-15-23(25)26(30)28-22-19-21-14-9-11-16-24(21)27-20-22/h4-5,9-12,14-17,19-20H,3,6-8,13,18H2,1-2H3,(H,28,30). The van der Waals surface area contributed by atoms with Gasteiger partial charge in [0.25, 0.3) is 5.91 Å². The Balaban J connectivity index is 1.61. The van der Waals surface area contributed by atoms with Crippen molar-refractivity contribution in [1.82, 2.24) is 4.98 Å². The van der Waals surface area contributed by atoms with E-state index < -0.39 is 0 Å². The molecular weight excluding hydrogens is 370 g/mol. The van der Waals surface area contributed by atoms with Gasteiger partial charge in [0.05, 0.1) is 23.0 Å². The second kappa shape index (κ2) is 11.1. The van der Waals surface area contributed by atoms with Crippen molar-refractivity contribution in [1.29, 1.82) is 0 Å². The van der Waals surface area contributed by atoms with Crippen molar-refractivity contribution in [2.24, 2.45) is 0 Å². The molecule has 3 rings (SSSR count). The van der Waals surface area contributed by atoms with E-state index in [1.54, 1.807) is 6.20 Å². The summed E-state index contributed by atoms with van der Waals surface area (Å²) in [7, 11) is 2.06. The minimum atomic E-state index is -0.112. The third-order valence-corrected chi connectivity index (χ3v) is 5.17. The largest absolute Gasteiger partial charge is 0.374 e. The summed E-state index contributed by atoms with van der Waals surface area (Å²) in [5, 5.41) is 4.01. The number of nitrogens with zero attached hydrogens (tertiary/aromatic N) is 2. The minimum Gasteiger partial charge on any atom is -0.374 e. The number of para-hydroxylation sites is 2. The Hall–Kier alpha value is -3.14.